The van der Waals surface area contributed by atoms with E-state index in [1.807, 2.05) is 0 Å². The van der Waals surface area contributed by atoms with Crippen molar-refractivity contribution in [2.75, 3.05) is 6.61 Å². The molecule has 1 aliphatic rings. The Bertz CT molecular complexity index is 209. The zero-order valence-corrected chi connectivity index (χ0v) is 7.11. The zero-order valence-electron chi connectivity index (χ0n) is 7.11. The predicted molar refractivity (Wildman–Crippen MR) is 41.3 cm³/mol. The average molecular weight is 172 g/mol. The summed E-state index contributed by atoms with van der Waals surface area (Å²) in [7, 11) is 0. The summed E-state index contributed by atoms with van der Waals surface area (Å²) in [5, 5.41) is 8.55. The van der Waals surface area contributed by atoms with E-state index in [2.05, 4.69) is 0 Å². The maximum atomic E-state index is 11.0. The molecule has 4 nitrogen and oxygen atoms in total. The Labute approximate surface area is 70.8 Å². The molecule has 0 amide bonds. The summed E-state index contributed by atoms with van der Waals surface area (Å²) in [6.07, 6.45) is 0.801. The van der Waals surface area contributed by atoms with Crippen molar-refractivity contribution in [2.24, 2.45) is 0 Å². The molecule has 0 spiro atoms. The molecule has 68 valence electrons. The van der Waals surface area contributed by atoms with Gasteiger partial charge >= 0.3 is 5.97 Å². The summed E-state index contributed by atoms with van der Waals surface area (Å²) in [4.78, 5) is 11.0. The highest BCUT2D eigenvalue weighted by molar-refractivity contribution is 5.87. The molecule has 1 aliphatic heterocycles. The predicted octanol–water partition coefficient (Wildman–Crippen LogP) is 0.213. The maximum absolute atomic E-state index is 11.0. The summed E-state index contributed by atoms with van der Waals surface area (Å²) in [6.45, 7) is 3.32. The van der Waals surface area contributed by atoms with Gasteiger partial charge in [-0.2, -0.15) is 0 Å². The van der Waals surface area contributed by atoms with Crippen LogP contribution < -0.4 is 0 Å². The quantitative estimate of drug-likeness (QED) is 0.375. The highest BCUT2D eigenvalue weighted by Gasteiger charge is 2.42. The molecule has 12 heavy (non-hydrogen) atoms. The lowest BCUT2D eigenvalue weighted by molar-refractivity contribution is -0.143. The molecule has 0 radical (unpaired) electrons. The fraction of sp³-hybridized carbons (Fsp3) is 0.625. The van der Waals surface area contributed by atoms with E-state index in [1.165, 1.54) is 0 Å². The lowest BCUT2D eigenvalue weighted by Crippen LogP contribution is -2.11. The number of rotatable bonds is 3. The van der Waals surface area contributed by atoms with Gasteiger partial charge in [0.05, 0.1) is 6.61 Å². The SMILES string of the molecule is CC=C(C)C(=O)OC1OC1CO. The summed E-state index contributed by atoms with van der Waals surface area (Å²) < 4.78 is 9.64. The van der Waals surface area contributed by atoms with Crippen LogP contribution in [0.4, 0.5) is 0 Å². The lowest BCUT2D eigenvalue weighted by atomic mass is 10.3. The van der Waals surface area contributed by atoms with Crippen molar-refractivity contribution >= 4 is 5.97 Å². The van der Waals surface area contributed by atoms with E-state index < -0.39 is 12.3 Å². The monoisotopic (exact) mass is 172 g/mol. The normalized spacial score (nSPS) is 28.4. The van der Waals surface area contributed by atoms with E-state index in [4.69, 9.17) is 14.6 Å². The van der Waals surface area contributed by atoms with Crippen LogP contribution in [-0.2, 0) is 14.3 Å². The minimum absolute atomic E-state index is 0.104. The molecule has 1 N–H and O–H groups in total. The van der Waals surface area contributed by atoms with Gasteiger partial charge in [0, 0.05) is 5.57 Å². The zero-order chi connectivity index (χ0) is 9.14. The van der Waals surface area contributed by atoms with Crippen LogP contribution in [0.5, 0.6) is 0 Å². The Balaban J connectivity index is 2.29. The van der Waals surface area contributed by atoms with Gasteiger partial charge in [-0.1, -0.05) is 6.08 Å². The first-order valence-electron chi connectivity index (χ1n) is 3.79. The molecule has 2 atom stereocenters. The largest absolute Gasteiger partial charge is 0.429 e. The van der Waals surface area contributed by atoms with Gasteiger partial charge in [-0.15, -0.1) is 0 Å². The minimum Gasteiger partial charge on any atom is -0.429 e. The van der Waals surface area contributed by atoms with Gasteiger partial charge in [-0.3, -0.25) is 0 Å². The topological polar surface area (TPSA) is 59.1 Å². The Morgan fingerprint density at radius 3 is 2.83 bits per heavy atom. The smallest absolute Gasteiger partial charge is 0.335 e. The number of aliphatic hydroxyl groups excluding tert-OH is 1. The van der Waals surface area contributed by atoms with Crippen molar-refractivity contribution in [1.29, 1.82) is 0 Å². The van der Waals surface area contributed by atoms with Crippen molar-refractivity contribution in [2.45, 2.75) is 26.2 Å². The van der Waals surface area contributed by atoms with Crippen LogP contribution in [0.2, 0.25) is 0 Å². The van der Waals surface area contributed by atoms with E-state index in [0.29, 0.717) is 5.57 Å². The van der Waals surface area contributed by atoms with E-state index in [-0.39, 0.29) is 12.7 Å². The van der Waals surface area contributed by atoms with E-state index in [1.54, 1.807) is 19.9 Å². The molecule has 2 unspecified atom stereocenters. The van der Waals surface area contributed by atoms with Crippen molar-refractivity contribution in [3.8, 4) is 0 Å². The van der Waals surface area contributed by atoms with Crippen LogP contribution >= 0.6 is 0 Å². The molecule has 0 aromatic rings. The van der Waals surface area contributed by atoms with Gasteiger partial charge in [-0.05, 0) is 13.8 Å². The Morgan fingerprint density at radius 1 is 1.75 bits per heavy atom. The molecule has 0 saturated carbocycles. The third-order valence-corrected chi connectivity index (χ3v) is 1.69. The van der Waals surface area contributed by atoms with Gasteiger partial charge in [0.15, 0.2) is 0 Å². The van der Waals surface area contributed by atoms with Crippen molar-refractivity contribution < 1.29 is 19.4 Å². The second-order valence-corrected chi connectivity index (χ2v) is 2.60. The van der Waals surface area contributed by atoms with Crippen molar-refractivity contribution in [1.82, 2.24) is 0 Å². The Kier molecular flexibility index (Phi) is 2.83. The standard InChI is InChI=1S/C8H12O4/c1-3-5(2)7(10)12-8-6(4-9)11-8/h3,6,8-9H,4H2,1-2H3. The van der Waals surface area contributed by atoms with Crippen molar-refractivity contribution in [3.05, 3.63) is 11.6 Å². The van der Waals surface area contributed by atoms with Crippen LogP contribution in [0.15, 0.2) is 11.6 Å². The minimum atomic E-state index is -0.544. The molecule has 0 aliphatic carbocycles. The number of carbonyl (C=O) groups is 1. The number of allylic oxidation sites excluding steroid dienone is 1. The summed E-state index contributed by atoms with van der Waals surface area (Å²) in [5.41, 5.74) is 0.544. The first-order valence-corrected chi connectivity index (χ1v) is 3.79. The highest BCUT2D eigenvalue weighted by atomic mass is 16.8. The Morgan fingerprint density at radius 2 is 2.42 bits per heavy atom. The molecule has 4 heteroatoms. The molecule has 1 heterocycles. The average Bonchev–Trinajstić information content (AvgIpc) is 2.81. The van der Waals surface area contributed by atoms with Gasteiger partial charge in [0.25, 0.3) is 0 Å². The fourth-order valence-corrected chi connectivity index (χ4v) is 0.676. The highest BCUT2D eigenvalue weighted by Crippen LogP contribution is 2.23. The molecule has 1 fully saturated rings. The van der Waals surface area contributed by atoms with Crippen LogP contribution in [0, 0.1) is 0 Å². The second-order valence-electron chi connectivity index (χ2n) is 2.60. The molecule has 1 saturated heterocycles. The fourth-order valence-electron chi connectivity index (χ4n) is 0.676. The molecule has 1 rings (SSSR count). The summed E-state index contributed by atoms with van der Waals surface area (Å²) in [5.74, 6) is -0.390. The molecular formula is C8H12O4. The van der Waals surface area contributed by atoms with E-state index in [9.17, 15) is 4.79 Å². The number of aliphatic hydroxyl groups is 1. The van der Waals surface area contributed by atoms with Crippen LogP contribution in [0.3, 0.4) is 0 Å². The summed E-state index contributed by atoms with van der Waals surface area (Å²) in [6, 6.07) is 0. The molecule has 0 aromatic heterocycles. The van der Waals surface area contributed by atoms with Crippen molar-refractivity contribution in [3.63, 3.8) is 0 Å². The molecule has 0 aromatic carbocycles. The number of hydrogen-bond donors (Lipinski definition) is 1. The number of epoxide rings is 1. The van der Waals surface area contributed by atoms with Gasteiger partial charge in [0.1, 0.15) is 6.10 Å². The third-order valence-electron chi connectivity index (χ3n) is 1.69. The Hall–Kier alpha value is -0.870. The van der Waals surface area contributed by atoms with Gasteiger partial charge < -0.3 is 14.6 Å². The molecular weight excluding hydrogens is 160 g/mol. The van der Waals surface area contributed by atoms with Gasteiger partial charge in [0.2, 0.25) is 6.29 Å². The van der Waals surface area contributed by atoms with Crippen LogP contribution in [0.25, 0.3) is 0 Å². The third kappa shape index (κ3) is 2.06. The molecule has 0 bridgehead atoms. The van der Waals surface area contributed by atoms with Gasteiger partial charge in [-0.25, -0.2) is 4.79 Å². The van der Waals surface area contributed by atoms with E-state index >= 15 is 0 Å². The summed E-state index contributed by atoms with van der Waals surface area (Å²) >= 11 is 0. The number of esters is 1. The maximum Gasteiger partial charge on any atom is 0.335 e. The van der Waals surface area contributed by atoms with Crippen LogP contribution in [0.1, 0.15) is 13.8 Å². The second kappa shape index (κ2) is 3.69. The van der Waals surface area contributed by atoms with Crippen LogP contribution in [-0.4, -0.2) is 30.1 Å². The first-order chi connectivity index (χ1) is 5.69. The lowest BCUT2D eigenvalue weighted by Gasteiger charge is -1.99. The van der Waals surface area contributed by atoms with E-state index in [0.717, 1.165) is 0 Å². The first kappa shape index (κ1) is 9.22. The number of hydrogen-bond acceptors (Lipinski definition) is 4. The number of carbonyl (C=O) groups excluding carboxylic acids is 1. The number of ether oxygens (including phenoxy) is 2.